The number of anilines is 1. The summed E-state index contributed by atoms with van der Waals surface area (Å²) in [7, 11) is 1.68. The molecule has 1 amide bonds. The number of furan rings is 1. The second-order valence-electron chi connectivity index (χ2n) is 6.83. The summed E-state index contributed by atoms with van der Waals surface area (Å²) in [6.45, 7) is 3.47. The number of hydrogen-bond donors (Lipinski definition) is 0. The van der Waals surface area contributed by atoms with E-state index in [0.717, 1.165) is 50.5 Å². The van der Waals surface area contributed by atoms with E-state index in [9.17, 15) is 4.79 Å². The monoisotopic (exact) mass is 340 g/mol. The summed E-state index contributed by atoms with van der Waals surface area (Å²) in [5, 5.41) is 0. The van der Waals surface area contributed by atoms with Crippen molar-refractivity contribution in [3.05, 3.63) is 48.4 Å². The Bertz CT molecular complexity index is 711. The molecule has 2 aliphatic rings. The molecule has 0 unspecified atom stereocenters. The molecule has 0 radical (unpaired) electrons. The summed E-state index contributed by atoms with van der Waals surface area (Å²) in [6.07, 6.45) is 3.61. The molecule has 1 saturated carbocycles. The van der Waals surface area contributed by atoms with E-state index in [1.807, 2.05) is 29.2 Å². The molecule has 1 aromatic carbocycles. The number of rotatable bonds is 4. The van der Waals surface area contributed by atoms with Crippen LogP contribution in [0.1, 0.15) is 24.5 Å². The van der Waals surface area contributed by atoms with E-state index in [2.05, 4.69) is 17.0 Å². The van der Waals surface area contributed by atoms with Gasteiger partial charge in [-0.15, -0.1) is 0 Å². The molecule has 0 spiro atoms. The Hall–Kier alpha value is -2.43. The molecule has 2 atom stereocenters. The summed E-state index contributed by atoms with van der Waals surface area (Å²) in [4.78, 5) is 17.2. The predicted molar refractivity (Wildman–Crippen MR) is 96.0 cm³/mol. The SMILES string of the molecule is COc1ccc(N2CCCN(C(=O)[C@@H]3C[C@@H]3c3ccco3)CC2)cc1. The fraction of sp³-hybridized carbons (Fsp3) is 0.450. The lowest BCUT2D eigenvalue weighted by Gasteiger charge is -2.24. The van der Waals surface area contributed by atoms with E-state index >= 15 is 0 Å². The van der Waals surface area contributed by atoms with Crippen LogP contribution < -0.4 is 9.64 Å². The van der Waals surface area contributed by atoms with Crippen LogP contribution in [0.15, 0.2) is 47.1 Å². The Morgan fingerprint density at radius 3 is 2.68 bits per heavy atom. The van der Waals surface area contributed by atoms with Gasteiger partial charge in [0.1, 0.15) is 11.5 Å². The van der Waals surface area contributed by atoms with Crippen molar-refractivity contribution in [2.45, 2.75) is 18.8 Å². The molecule has 0 N–H and O–H groups in total. The van der Waals surface area contributed by atoms with Gasteiger partial charge in [0.05, 0.1) is 13.4 Å². The van der Waals surface area contributed by atoms with Gasteiger partial charge in [0.2, 0.25) is 5.91 Å². The Morgan fingerprint density at radius 2 is 1.96 bits per heavy atom. The third-order valence-corrected chi connectivity index (χ3v) is 5.26. The molecule has 1 aromatic heterocycles. The highest BCUT2D eigenvalue weighted by Crippen LogP contribution is 2.48. The van der Waals surface area contributed by atoms with Crippen LogP contribution in [0.3, 0.4) is 0 Å². The minimum Gasteiger partial charge on any atom is -0.497 e. The average Bonchev–Trinajstić information content (AvgIpc) is 3.35. The highest BCUT2D eigenvalue weighted by atomic mass is 16.5. The molecule has 1 saturated heterocycles. The maximum absolute atomic E-state index is 12.8. The molecule has 4 rings (SSSR count). The summed E-state index contributed by atoms with van der Waals surface area (Å²) in [6, 6.07) is 12.0. The number of hydrogen-bond acceptors (Lipinski definition) is 4. The largest absolute Gasteiger partial charge is 0.497 e. The minimum absolute atomic E-state index is 0.110. The van der Waals surface area contributed by atoms with Crippen LogP contribution in [-0.2, 0) is 4.79 Å². The second-order valence-corrected chi connectivity index (χ2v) is 6.83. The van der Waals surface area contributed by atoms with Gasteiger partial charge in [0, 0.05) is 43.7 Å². The molecule has 132 valence electrons. The number of amides is 1. The number of methoxy groups -OCH3 is 1. The van der Waals surface area contributed by atoms with E-state index in [4.69, 9.17) is 9.15 Å². The molecular formula is C20H24N2O3. The van der Waals surface area contributed by atoms with E-state index in [1.165, 1.54) is 5.69 Å². The number of nitrogens with zero attached hydrogens (tertiary/aromatic N) is 2. The van der Waals surface area contributed by atoms with Gasteiger partial charge in [-0.2, -0.15) is 0 Å². The minimum atomic E-state index is 0.110. The summed E-state index contributed by atoms with van der Waals surface area (Å²) in [5.74, 6) is 2.50. The number of ether oxygens (including phenoxy) is 1. The number of benzene rings is 1. The van der Waals surface area contributed by atoms with E-state index in [0.29, 0.717) is 0 Å². The maximum atomic E-state index is 12.8. The van der Waals surface area contributed by atoms with Crippen LogP contribution in [0, 0.1) is 5.92 Å². The van der Waals surface area contributed by atoms with Gasteiger partial charge < -0.3 is 19.0 Å². The lowest BCUT2D eigenvalue weighted by Crippen LogP contribution is -2.36. The fourth-order valence-electron chi connectivity index (χ4n) is 3.71. The fourth-order valence-corrected chi connectivity index (χ4v) is 3.71. The van der Waals surface area contributed by atoms with E-state index in [-0.39, 0.29) is 17.7 Å². The molecule has 0 bridgehead atoms. The predicted octanol–water partition coefficient (Wildman–Crippen LogP) is 3.13. The van der Waals surface area contributed by atoms with Crippen LogP contribution in [0.5, 0.6) is 5.75 Å². The van der Waals surface area contributed by atoms with Crippen molar-refractivity contribution >= 4 is 11.6 Å². The third kappa shape index (κ3) is 3.36. The van der Waals surface area contributed by atoms with Gasteiger partial charge in [-0.3, -0.25) is 4.79 Å². The third-order valence-electron chi connectivity index (χ3n) is 5.26. The standard InChI is InChI=1S/C20H24N2O3/c1-24-16-7-5-15(6-8-16)21-9-3-10-22(12-11-21)20(23)18-14-17(18)19-4-2-13-25-19/h2,4-8,13,17-18H,3,9-12,14H2,1H3/t17-,18+/m0/s1. The lowest BCUT2D eigenvalue weighted by molar-refractivity contribution is -0.132. The van der Waals surface area contributed by atoms with Crippen molar-refractivity contribution in [1.29, 1.82) is 0 Å². The van der Waals surface area contributed by atoms with E-state index < -0.39 is 0 Å². The first-order valence-electron chi connectivity index (χ1n) is 8.97. The van der Waals surface area contributed by atoms with Gasteiger partial charge in [0.25, 0.3) is 0 Å². The van der Waals surface area contributed by atoms with Crippen molar-refractivity contribution < 1.29 is 13.9 Å². The van der Waals surface area contributed by atoms with Crippen LogP contribution in [0.25, 0.3) is 0 Å². The zero-order chi connectivity index (χ0) is 17.2. The molecule has 5 heteroatoms. The smallest absolute Gasteiger partial charge is 0.226 e. The maximum Gasteiger partial charge on any atom is 0.226 e. The van der Waals surface area contributed by atoms with Gasteiger partial charge >= 0.3 is 0 Å². The van der Waals surface area contributed by atoms with Crippen molar-refractivity contribution in [1.82, 2.24) is 4.90 Å². The Balaban J connectivity index is 1.35. The van der Waals surface area contributed by atoms with Crippen molar-refractivity contribution in [3.63, 3.8) is 0 Å². The molecule has 2 heterocycles. The van der Waals surface area contributed by atoms with Crippen LogP contribution in [0.4, 0.5) is 5.69 Å². The second kappa shape index (κ2) is 6.82. The van der Waals surface area contributed by atoms with Gasteiger partial charge in [0.15, 0.2) is 0 Å². The summed E-state index contributed by atoms with van der Waals surface area (Å²) >= 11 is 0. The molecule has 25 heavy (non-hydrogen) atoms. The van der Waals surface area contributed by atoms with Gasteiger partial charge in [-0.25, -0.2) is 0 Å². The van der Waals surface area contributed by atoms with Crippen molar-refractivity contribution in [2.24, 2.45) is 5.92 Å². The average molecular weight is 340 g/mol. The van der Waals surface area contributed by atoms with E-state index in [1.54, 1.807) is 13.4 Å². The topological polar surface area (TPSA) is 45.9 Å². The van der Waals surface area contributed by atoms with Crippen LogP contribution in [0.2, 0.25) is 0 Å². The summed E-state index contributed by atoms with van der Waals surface area (Å²) in [5.41, 5.74) is 1.19. The number of carbonyl (C=O) groups is 1. The molecule has 5 nitrogen and oxygen atoms in total. The zero-order valence-electron chi connectivity index (χ0n) is 14.6. The molecule has 2 aromatic rings. The number of carbonyl (C=O) groups excluding carboxylic acids is 1. The first-order chi connectivity index (χ1) is 12.3. The highest BCUT2D eigenvalue weighted by Gasteiger charge is 2.47. The van der Waals surface area contributed by atoms with Crippen molar-refractivity contribution in [3.8, 4) is 5.75 Å². The first kappa shape index (κ1) is 16.1. The van der Waals surface area contributed by atoms with Gasteiger partial charge in [-0.1, -0.05) is 0 Å². The summed E-state index contributed by atoms with van der Waals surface area (Å²) < 4.78 is 10.7. The molecular weight excluding hydrogens is 316 g/mol. The zero-order valence-corrected chi connectivity index (χ0v) is 14.6. The molecule has 2 fully saturated rings. The first-order valence-corrected chi connectivity index (χ1v) is 8.97. The highest BCUT2D eigenvalue weighted by molar-refractivity contribution is 5.83. The Kier molecular flexibility index (Phi) is 4.38. The van der Waals surface area contributed by atoms with Crippen molar-refractivity contribution in [2.75, 3.05) is 38.2 Å². The normalized spacial score (nSPS) is 23.2. The Labute approximate surface area is 148 Å². The molecule has 1 aliphatic carbocycles. The quantitative estimate of drug-likeness (QED) is 0.858. The Morgan fingerprint density at radius 1 is 1.12 bits per heavy atom. The van der Waals surface area contributed by atoms with Crippen LogP contribution >= 0.6 is 0 Å². The molecule has 1 aliphatic heterocycles. The van der Waals surface area contributed by atoms with Crippen LogP contribution in [-0.4, -0.2) is 44.1 Å². The lowest BCUT2D eigenvalue weighted by atomic mass is 10.2. The van der Waals surface area contributed by atoms with Gasteiger partial charge in [-0.05, 0) is 49.2 Å².